The molecule has 3 rings (SSSR count). The maximum Gasteiger partial charge on any atom is 0.271 e. The molecule has 7 heteroatoms. The van der Waals surface area contributed by atoms with Crippen molar-refractivity contribution in [3.63, 3.8) is 0 Å². The molecular weight excluding hydrogens is 248 g/mol. The molecule has 0 spiro atoms. The number of hydrogen-bond acceptors (Lipinski definition) is 5. The van der Waals surface area contributed by atoms with E-state index < -0.39 is 5.91 Å². The van der Waals surface area contributed by atoms with E-state index in [-0.39, 0.29) is 5.69 Å². The number of H-pyrrole nitrogens is 1. The summed E-state index contributed by atoms with van der Waals surface area (Å²) in [5.74, 6) is 0.689. The highest BCUT2D eigenvalue weighted by Crippen LogP contribution is 2.34. The Balaban J connectivity index is 2.04. The minimum Gasteiger partial charge on any atom is -0.490 e. The quantitative estimate of drug-likeness (QED) is 0.828. The number of nitrogens with one attached hydrogen (secondary N) is 1. The smallest absolute Gasteiger partial charge is 0.271 e. The van der Waals surface area contributed by atoms with Crippen molar-refractivity contribution in [3.05, 3.63) is 23.9 Å². The molecule has 2 aromatic rings. The normalized spacial score (nSPS) is 13.9. The van der Waals surface area contributed by atoms with Gasteiger partial charge < -0.3 is 15.2 Å². The number of aromatic nitrogens is 3. The lowest BCUT2D eigenvalue weighted by Crippen LogP contribution is -2.12. The van der Waals surface area contributed by atoms with Crippen LogP contribution < -0.4 is 15.2 Å². The number of amides is 1. The molecule has 0 saturated carbocycles. The topological polar surface area (TPSA) is 103 Å². The third-order valence-electron chi connectivity index (χ3n) is 2.80. The molecule has 0 unspecified atom stereocenters. The fourth-order valence-corrected chi connectivity index (χ4v) is 1.91. The Labute approximate surface area is 108 Å². The molecule has 3 N–H and O–H groups in total. The first kappa shape index (κ1) is 11.5. The first-order valence-electron chi connectivity index (χ1n) is 5.86. The number of aromatic amines is 1. The average Bonchev–Trinajstić information content (AvgIpc) is 2.78. The van der Waals surface area contributed by atoms with E-state index in [0.29, 0.717) is 36.0 Å². The van der Waals surface area contributed by atoms with Crippen LogP contribution in [0.4, 0.5) is 0 Å². The number of ether oxygens (including phenoxy) is 2. The molecule has 1 amide bonds. The summed E-state index contributed by atoms with van der Waals surface area (Å²) in [5.41, 5.74) is 6.45. The monoisotopic (exact) mass is 260 g/mol. The van der Waals surface area contributed by atoms with Gasteiger partial charge in [-0.2, -0.15) is 15.4 Å². The molecule has 0 radical (unpaired) electrons. The van der Waals surface area contributed by atoms with Crippen LogP contribution in [0.2, 0.25) is 0 Å². The minimum atomic E-state index is -0.629. The number of nitrogens with zero attached hydrogens (tertiary/aromatic N) is 2. The largest absolute Gasteiger partial charge is 0.490 e. The molecule has 0 fully saturated rings. The summed E-state index contributed by atoms with van der Waals surface area (Å²) < 4.78 is 11.1. The maximum absolute atomic E-state index is 11.2. The fourth-order valence-electron chi connectivity index (χ4n) is 1.91. The third kappa shape index (κ3) is 2.10. The molecule has 2 heterocycles. The lowest BCUT2D eigenvalue weighted by atomic mass is 10.1. The second-order valence-electron chi connectivity index (χ2n) is 4.10. The molecule has 1 aliphatic heterocycles. The molecule has 0 bridgehead atoms. The van der Waals surface area contributed by atoms with Crippen LogP contribution in [0.1, 0.15) is 16.9 Å². The van der Waals surface area contributed by atoms with Gasteiger partial charge in [-0.25, -0.2) is 0 Å². The molecule has 0 saturated heterocycles. The van der Waals surface area contributed by atoms with Crippen LogP contribution in [0.25, 0.3) is 11.3 Å². The number of benzene rings is 1. The number of carbonyl (C=O) groups is 1. The van der Waals surface area contributed by atoms with Gasteiger partial charge in [-0.3, -0.25) is 4.79 Å². The number of fused-ring (bicyclic) bond motifs is 1. The van der Waals surface area contributed by atoms with Gasteiger partial charge in [0.15, 0.2) is 17.2 Å². The molecule has 1 aromatic heterocycles. The van der Waals surface area contributed by atoms with E-state index in [1.165, 1.54) is 0 Å². The summed E-state index contributed by atoms with van der Waals surface area (Å²) in [6.07, 6.45) is 0.834. The molecule has 0 aliphatic carbocycles. The Morgan fingerprint density at radius 1 is 1.21 bits per heavy atom. The van der Waals surface area contributed by atoms with Gasteiger partial charge in [-0.05, 0) is 18.2 Å². The first-order chi connectivity index (χ1) is 9.25. The highest BCUT2D eigenvalue weighted by Gasteiger charge is 2.18. The van der Waals surface area contributed by atoms with E-state index in [4.69, 9.17) is 15.2 Å². The van der Waals surface area contributed by atoms with Crippen molar-refractivity contribution in [1.29, 1.82) is 0 Å². The van der Waals surface area contributed by atoms with Crippen molar-refractivity contribution in [2.24, 2.45) is 5.73 Å². The summed E-state index contributed by atoms with van der Waals surface area (Å²) >= 11 is 0. The Morgan fingerprint density at radius 3 is 2.79 bits per heavy atom. The van der Waals surface area contributed by atoms with Crippen LogP contribution in [-0.2, 0) is 0 Å². The van der Waals surface area contributed by atoms with E-state index in [0.717, 1.165) is 6.42 Å². The van der Waals surface area contributed by atoms with Gasteiger partial charge in [0, 0.05) is 12.0 Å². The number of primary amides is 1. The zero-order valence-electron chi connectivity index (χ0n) is 10.0. The second-order valence-corrected chi connectivity index (χ2v) is 4.10. The molecule has 0 atom stereocenters. The second kappa shape index (κ2) is 4.60. The maximum atomic E-state index is 11.2. The molecule has 19 heavy (non-hydrogen) atoms. The number of rotatable bonds is 2. The van der Waals surface area contributed by atoms with Crippen LogP contribution in [0.15, 0.2) is 18.2 Å². The standard InChI is InChI=1S/C12H12N4O3/c13-12(17)11-10(14-16-15-11)7-2-3-8-9(6-7)19-5-1-4-18-8/h2-3,6H,1,4-5H2,(H2,13,17)(H,14,15,16). The zero-order chi connectivity index (χ0) is 13.2. The summed E-state index contributed by atoms with van der Waals surface area (Å²) in [7, 11) is 0. The van der Waals surface area contributed by atoms with E-state index in [1.54, 1.807) is 18.2 Å². The number of carbonyl (C=O) groups excluding carboxylic acids is 1. The minimum absolute atomic E-state index is 0.106. The Morgan fingerprint density at radius 2 is 2.00 bits per heavy atom. The highest BCUT2D eigenvalue weighted by atomic mass is 16.5. The predicted molar refractivity (Wildman–Crippen MR) is 65.9 cm³/mol. The molecule has 1 aliphatic rings. The summed E-state index contributed by atoms with van der Waals surface area (Å²) in [6, 6.07) is 5.35. The van der Waals surface area contributed by atoms with Crippen molar-refractivity contribution in [2.45, 2.75) is 6.42 Å². The highest BCUT2D eigenvalue weighted by molar-refractivity contribution is 5.96. The van der Waals surface area contributed by atoms with E-state index >= 15 is 0 Å². The summed E-state index contributed by atoms with van der Waals surface area (Å²) in [5, 5.41) is 10.1. The summed E-state index contributed by atoms with van der Waals surface area (Å²) in [6.45, 7) is 1.22. The molecule has 1 aromatic carbocycles. The molecule has 7 nitrogen and oxygen atoms in total. The SMILES string of the molecule is NC(=O)c1n[nH]nc1-c1ccc2c(c1)OCCCO2. The van der Waals surface area contributed by atoms with E-state index in [2.05, 4.69) is 15.4 Å². The van der Waals surface area contributed by atoms with E-state index in [9.17, 15) is 4.79 Å². The van der Waals surface area contributed by atoms with Crippen LogP contribution in [-0.4, -0.2) is 34.5 Å². The Kier molecular flexibility index (Phi) is 2.79. The van der Waals surface area contributed by atoms with Gasteiger partial charge in [0.2, 0.25) is 0 Å². The van der Waals surface area contributed by atoms with Gasteiger partial charge in [-0.1, -0.05) is 0 Å². The lowest BCUT2D eigenvalue weighted by molar-refractivity contribution is 0.0996. The van der Waals surface area contributed by atoms with Crippen LogP contribution >= 0.6 is 0 Å². The van der Waals surface area contributed by atoms with Crippen LogP contribution in [0.3, 0.4) is 0 Å². The molecular formula is C12H12N4O3. The number of nitrogens with two attached hydrogens (primary N) is 1. The van der Waals surface area contributed by atoms with Crippen molar-refractivity contribution in [1.82, 2.24) is 15.4 Å². The fraction of sp³-hybridized carbons (Fsp3) is 0.250. The van der Waals surface area contributed by atoms with Gasteiger partial charge in [0.05, 0.1) is 13.2 Å². The van der Waals surface area contributed by atoms with Gasteiger partial charge in [-0.15, -0.1) is 0 Å². The van der Waals surface area contributed by atoms with Gasteiger partial charge in [0.25, 0.3) is 5.91 Å². The van der Waals surface area contributed by atoms with Crippen molar-refractivity contribution < 1.29 is 14.3 Å². The first-order valence-corrected chi connectivity index (χ1v) is 5.86. The number of hydrogen-bond donors (Lipinski definition) is 2. The van der Waals surface area contributed by atoms with Gasteiger partial charge >= 0.3 is 0 Å². The van der Waals surface area contributed by atoms with Crippen molar-refractivity contribution in [2.75, 3.05) is 13.2 Å². The van der Waals surface area contributed by atoms with E-state index in [1.807, 2.05) is 0 Å². The van der Waals surface area contributed by atoms with Gasteiger partial charge in [0.1, 0.15) is 5.69 Å². The van der Waals surface area contributed by atoms with Crippen molar-refractivity contribution >= 4 is 5.91 Å². The van der Waals surface area contributed by atoms with Crippen LogP contribution in [0.5, 0.6) is 11.5 Å². The lowest BCUT2D eigenvalue weighted by Gasteiger charge is -2.08. The Bertz CT molecular complexity index is 623. The zero-order valence-corrected chi connectivity index (χ0v) is 10.0. The van der Waals surface area contributed by atoms with Crippen molar-refractivity contribution in [3.8, 4) is 22.8 Å². The molecule has 98 valence electrons. The summed E-state index contributed by atoms with van der Waals surface area (Å²) in [4.78, 5) is 11.2. The average molecular weight is 260 g/mol. The Hall–Kier alpha value is -2.57. The third-order valence-corrected chi connectivity index (χ3v) is 2.80. The predicted octanol–water partition coefficient (Wildman–Crippen LogP) is 0.732. The van der Waals surface area contributed by atoms with Crippen LogP contribution in [0, 0.1) is 0 Å².